The maximum absolute atomic E-state index is 2.55. The van der Waals surface area contributed by atoms with Gasteiger partial charge in [-0.05, 0) is 60.7 Å². The summed E-state index contributed by atoms with van der Waals surface area (Å²) in [6.07, 6.45) is 9.68. The van der Waals surface area contributed by atoms with Crippen LogP contribution in [-0.4, -0.2) is 0 Å². The van der Waals surface area contributed by atoms with Gasteiger partial charge >= 0.3 is 0 Å². The summed E-state index contributed by atoms with van der Waals surface area (Å²) in [5.74, 6) is 1.16. The molecule has 4 bridgehead atoms. The van der Waals surface area contributed by atoms with Crippen LogP contribution in [0.1, 0.15) is 45.4 Å². The molecule has 0 nitrogen and oxygen atoms in total. The van der Waals surface area contributed by atoms with Gasteiger partial charge in [-0.25, -0.2) is 0 Å². The van der Waals surface area contributed by atoms with E-state index in [4.69, 9.17) is 0 Å². The summed E-state index contributed by atoms with van der Waals surface area (Å²) in [7, 11) is 0. The Kier molecular flexibility index (Phi) is 0.567. The lowest BCUT2D eigenvalue weighted by Gasteiger charge is -2.40. The normalized spacial score (nSPS) is 75.5. The van der Waals surface area contributed by atoms with Crippen LogP contribution in [0.15, 0.2) is 0 Å². The van der Waals surface area contributed by atoms with Gasteiger partial charge < -0.3 is 0 Å². The van der Waals surface area contributed by atoms with Crippen LogP contribution in [0.25, 0.3) is 0 Å². The van der Waals surface area contributed by atoms with Gasteiger partial charge in [0.2, 0.25) is 0 Å². The highest BCUT2D eigenvalue weighted by atomic mass is 14.8. The molecule has 2 spiro atoms. The zero-order chi connectivity index (χ0) is 7.32. The van der Waals surface area contributed by atoms with Crippen LogP contribution >= 0.6 is 0 Å². The summed E-state index contributed by atoms with van der Waals surface area (Å²) in [5.41, 5.74) is 2.69. The molecule has 0 amide bonds. The van der Waals surface area contributed by atoms with Gasteiger partial charge in [0.1, 0.15) is 0 Å². The molecular formula is C11H16. The van der Waals surface area contributed by atoms with E-state index in [1.54, 1.807) is 38.5 Å². The van der Waals surface area contributed by atoms with Gasteiger partial charge in [0, 0.05) is 0 Å². The molecule has 5 fully saturated rings. The average molecular weight is 148 g/mol. The summed E-state index contributed by atoms with van der Waals surface area (Å²) >= 11 is 0. The molecular weight excluding hydrogens is 132 g/mol. The molecule has 0 aromatic carbocycles. The predicted molar refractivity (Wildman–Crippen MR) is 44.2 cm³/mol. The largest absolute Gasteiger partial charge is 0.0596 e. The molecule has 5 aliphatic rings. The molecule has 0 aromatic rings. The first-order valence-corrected chi connectivity index (χ1v) is 5.16. The van der Waals surface area contributed by atoms with Crippen molar-refractivity contribution in [3.63, 3.8) is 0 Å². The highest BCUT2D eigenvalue weighted by molar-refractivity contribution is 5.30. The minimum Gasteiger partial charge on any atom is -0.0596 e. The third-order valence-corrected chi connectivity index (χ3v) is 5.35. The van der Waals surface area contributed by atoms with Crippen LogP contribution in [-0.2, 0) is 0 Å². The predicted octanol–water partition coefficient (Wildman–Crippen LogP) is 2.98. The minimum absolute atomic E-state index is 0.819. The minimum atomic E-state index is 0.819. The summed E-state index contributed by atoms with van der Waals surface area (Å²) in [6, 6.07) is 0. The summed E-state index contributed by atoms with van der Waals surface area (Å²) in [6.45, 7) is 2.55. The second-order valence-electron chi connectivity index (χ2n) is 6.38. The van der Waals surface area contributed by atoms with Crippen LogP contribution in [0.2, 0.25) is 0 Å². The highest BCUT2D eigenvalue weighted by Gasteiger charge is 2.80. The maximum atomic E-state index is 2.55. The monoisotopic (exact) mass is 148 g/mol. The molecule has 5 aliphatic carbocycles. The van der Waals surface area contributed by atoms with Crippen molar-refractivity contribution in [1.82, 2.24) is 0 Å². The van der Waals surface area contributed by atoms with Crippen LogP contribution in [0.3, 0.4) is 0 Å². The molecule has 0 radical (unpaired) electrons. The second kappa shape index (κ2) is 1.11. The number of hydrogen-bond donors (Lipinski definition) is 0. The fourth-order valence-corrected chi connectivity index (χ4v) is 5.68. The van der Waals surface area contributed by atoms with Gasteiger partial charge in [-0.2, -0.15) is 0 Å². The van der Waals surface area contributed by atoms with Crippen molar-refractivity contribution in [3.8, 4) is 0 Å². The molecule has 0 aromatic heterocycles. The number of rotatable bonds is 0. The standard InChI is InChI=1S/C11H16/c1-9-2-8-3-10(5-9)7-11(10,4-8)6-9/h8H,2-7H2,1H3/t8?,9?,10-,11+. The molecule has 11 heavy (non-hydrogen) atoms. The molecule has 0 aliphatic heterocycles. The van der Waals surface area contributed by atoms with Gasteiger partial charge in [-0.1, -0.05) is 6.92 Å². The van der Waals surface area contributed by atoms with Crippen LogP contribution in [0, 0.1) is 22.2 Å². The van der Waals surface area contributed by atoms with E-state index in [0.29, 0.717) is 0 Å². The Balaban J connectivity index is 1.94. The highest BCUT2D eigenvalue weighted by Crippen LogP contribution is 2.89. The molecule has 0 heteroatoms. The fraction of sp³-hybridized carbons (Fsp3) is 1.00. The van der Waals surface area contributed by atoms with E-state index < -0.39 is 0 Å². The first-order valence-electron chi connectivity index (χ1n) is 5.16. The zero-order valence-corrected chi connectivity index (χ0v) is 7.32. The van der Waals surface area contributed by atoms with E-state index in [0.717, 1.165) is 22.2 Å². The third-order valence-electron chi connectivity index (χ3n) is 5.35. The Morgan fingerprint density at radius 2 is 1.55 bits per heavy atom. The molecule has 2 unspecified atom stereocenters. The van der Waals surface area contributed by atoms with Crippen molar-refractivity contribution in [2.75, 3.05) is 0 Å². The lowest BCUT2D eigenvalue weighted by molar-refractivity contribution is 0.106. The maximum Gasteiger partial charge on any atom is -0.0227 e. The van der Waals surface area contributed by atoms with Crippen molar-refractivity contribution in [3.05, 3.63) is 0 Å². The van der Waals surface area contributed by atoms with Gasteiger partial charge in [0.15, 0.2) is 0 Å². The SMILES string of the molecule is CC12CC3C[C@]4(C1)C[C@@]4(C3)C2. The van der Waals surface area contributed by atoms with Crippen molar-refractivity contribution in [2.24, 2.45) is 22.2 Å². The Morgan fingerprint density at radius 1 is 0.909 bits per heavy atom. The fourth-order valence-electron chi connectivity index (χ4n) is 5.68. The van der Waals surface area contributed by atoms with Crippen molar-refractivity contribution in [2.45, 2.75) is 45.4 Å². The second-order valence-corrected chi connectivity index (χ2v) is 6.38. The summed E-state index contributed by atoms with van der Waals surface area (Å²) in [5, 5.41) is 0. The molecule has 60 valence electrons. The van der Waals surface area contributed by atoms with E-state index in [9.17, 15) is 0 Å². The lowest BCUT2D eigenvalue weighted by atomic mass is 9.65. The number of hydrogen-bond acceptors (Lipinski definition) is 0. The van der Waals surface area contributed by atoms with Crippen LogP contribution < -0.4 is 0 Å². The van der Waals surface area contributed by atoms with E-state index in [1.807, 2.05) is 0 Å². The van der Waals surface area contributed by atoms with Gasteiger partial charge in [0.25, 0.3) is 0 Å². The third kappa shape index (κ3) is 0.400. The summed E-state index contributed by atoms with van der Waals surface area (Å²) < 4.78 is 0. The first kappa shape index (κ1) is 5.61. The summed E-state index contributed by atoms with van der Waals surface area (Å²) in [4.78, 5) is 0. The quantitative estimate of drug-likeness (QED) is 0.495. The lowest BCUT2D eigenvalue weighted by Crippen LogP contribution is -2.29. The average Bonchev–Trinajstić information content (AvgIpc) is 2.16. The van der Waals surface area contributed by atoms with Crippen molar-refractivity contribution < 1.29 is 0 Å². The first-order chi connectivity index (χ1) is 5.16. The topological polar surface area (TPSA) is 0 Å². The Morgan fingerprint density at radius 3 is 2.00 bits per heavy atom. The molecule has 5 rings (SSSR count). The van der Waals surface area contributed by atoms with Crippen molar-refractivity contribution in [1.29, 1.82) is 0 Å². The van der Waals surface area contributed by atoms with E-state index in [1.165, 1.54) is 0 Å². The molecule has 0 heterocycles. The van der Waals surface area contributed by atoms with E-state index in [2.05, 4.69) is 6.92 Å². The van der Waals surface area contributed by atoms with E-state index in [-0.39, 0.29) is 0 Å². The van der Waals surface area contributed by atoms with Gasteiger partial charge in [-0.15, -0.1) is 0 Å². The Bertz CT molecular complexity index is 232. The van der Waals surface area contributed by atoms with Crippen LogP contribution in [0.5, 0.6) is 0 Å². The zero-order valence-electron chi connectivity index (χ0n) is 7.32. The Hall–Kier alpha value is 0. The van der Waals surface area contributed by atoms with E-state index >= 15 is 0 Å². The molecule has 4 atom stereocenters. The Labute approximate surface area is 68.4 Å². The molecule has 0 saturated heterocycles. The molecule has 5 saturated carbocycles. The van der Waals surface area contributed by atoms with Gasteiger partial charge in [0.05, 0.1) is 0 Å². The van der Waals surface area contributed by atoms with Gasteiger partial charge in [-0.3, -0.25) is 0 Å². The smallest absolute Gasteiger partial charge is 0.0227 e. The van der Waals surface area contributed by atoms with Crippen molar-refractivity contribution >= 4 is 0 Å². The van der Waals surface area contributed by atoms with Crippen LogP contribution in [0.4, 0.5) is 0 Å². The molecule has 0 N–H and O–H groups in total.